The maximum absolute atomic E-state index is 12.0. The van der Waals surface area contributed by atoms with E-state index in [-0.39, 0.29) is 5.91 Å². The van der Waals surface area contributed by atoms with Gasteiger partial charge in [0.05, 0.1) is 0 Å². The Hall–Kier alpha value is -1.14. The summed E-state index contributed by atoms with van der Waals surface area (Å²) >= 11 is 7.96. The molecule has 0 fully saturated rings. The quantitative estimate of drug-likeness (QED) is 0.642. The van der Waals surface area contributed by atoms with E-state index in [9.17, 15) is 4.79 Å². The summed E-state index contributed by atoms with van der Waals surface area (Å²) in [6, 6.07) is 9.06. The van der Waals surface area contributed by atoms with E-state index in [4.69, 9.17) is 11.6 Å². The minimum atomic E-state index is -0.190. The number of halogens is 2. The van der Waals surface area contributed by atoms with Crippen molar-refractivity contribution in [3.63, 3.8) is 0 Å². The lowest BCUT2D eigenvalue weighted by Gasteiger charge is -2.09. The average molecular weight is 373 g/mol. The van der Waals surface area contributed by atoms with Crippen LogP contribution in [-0.4, -0.2) is 10.9 Å². The zero-order chi connectivity index (χ0) is 13.1. The number of benzene rings is 1. The first-order valence-electron chi connectivity index (χ1n) is 5.25. The fourth-order valence-electron chi connectivity index (χ4n) is 1.47. The van der Waals surface area contributed by atoms with Crippen LogP contribution in [0.4, 0.5) is 5.69 Å². The summed E-state index contributed by atoms with van der Waals surface area (Å²) in [5.41, 5.74) is 2.32. The minimum Gasteiger partial charge on any atom is -0.322 e. The zero-order valence-electron chi connectivity index (χ0n) is 9.58. The summed E-state index contributed by atoms with van der Waals surface area (Å²) in [6.07, 6.45) is 1.51. The highest BCUT2D eigenvalue weighted by Gasteiger charge is 2.08. The molecule has 0 saturated carbocycles. The number of carbonyl (C=O) groups excluding carboxylic acids is 1. The molecule has 1 heterocycles. The van der Waals surface area contributed by atoms with Gasteiger partial charge in [0.2, 0.25) is 0 Å². The van der Waals surface area contributed by atoms with Crippen LogP contribution in [0.15, 0.2) is 36.5 Å². The van der Waals surface area contributed by atoms with Crippen LogP contribution in [0.3, 0.4) is 0 Å². The maximum atomic E-state index is 12.0. The third-order valence-electron chi connectivity index (χ3n) is 2.44. The molecule has 18 heavy (non-hydrogen) atoms. The van der Waals surface area contributed by atoms with E-state index in [0.717, 1.165) is 14.8 Å². The second kappa shape index (κ2) is 5.67. The van der Waals surface area contributed by atoms with Gasteiger partial charge >= 0.3 is 0 Å². The van der Waals surface area contributed by atoms with Crippen molar-refractivity contribution in [1.29, 1.82) is 0 Å². The van der Waals surface area contributed by atoms with E-state index >= 15 is 0 Å². The molecule has 0 aliphatic carbocycles. The van der Waals surface area contributed by atoms with Crippen LogP contribution in [-0.2, 0) is 0 Å². The molecular formula is C13H10ClIN2O. The molecular weight excluding hydrogens is 363 g/mol. The summed E-state index contributed by atoms with van der Waals surface area (Å²) in [4.78, 5) is 15.9. The smallest absolute Gasteiger partial charge is 0.255 e. The van der Waals surface area contributed by atoms with Crippen molar-refractivity contribution in [1.82, 2.24) is 4.98 Å². The molecule has 2 rings (SSSR count). The highest BCUT2D eigenvalue weighted by Crippen LogP contribution is 2.19. The fraction of sp³-hybridized carbons (Fsp3) is 0.0769. The average Bonchev–Trinajstić information content (AvgIpc) is 2.34. The Bertz CT molecular complexity index is 601. The molecule has 1 N–H and O–H groups in total. The summed E-state index contributed by atoms with van der Waals surface area (Å²) in [5.74, 6) is -0.190. The van der Waals surface area contributed by atoms with Crippen LogP contribution >= 0.6 is 34.2 Å². The van der Waals surface area contributed by atoms with Gasteiger partial charge in [0, 0.05) is 21.0 Å². The first-order valence-corrected chi connectivity index (χ1v) is 6.71. The van der Waals surface area contributed by atoms with Crippen LogP contribution in [0.2, 0.25) is 5.15 Å². The van der Waals surface area contributed by atoms with Crippen molar-refractivity contribution < 1.29 is 4.79 Å². The number of hydrogen-bond acceptors (Lipinski definition) is 2. The molecule has 92 valence electrons. The third kappa shape index (κ3) is 3.20. The second-order valence-electron chi connectivity index (χ2n) is 3.78. The lowest BCUT2D eigenvalue weighted by atomic mass is 10.2. The Balaban J connectivity index is 2.24. The first kappa shape index (κ1) is 13.3. The minimum absolute atomic E-state index is 0.190. The predicted molar refractivity (Wildman–Crippen MR) is 81.1 cm³/mol. The first-order chi connectivity index (χ1) is 8.56. The predicted octanol–water partition coefficient (Wildman–Crippen LogP) is 3.90. The molecule has 0 atom stereocenters. The van der Waals surface area contributed by atoms with Gasteiger partial charge in [-0.15, -0.1) is 0 Å². The number of anilines is 1. The van der Waals surface area contributed by atoms with E-state index in [2.05, 4.69) is 32.9 Å². The van der Waals surface area contributed by atoms with Gasteiger partial charge < -0.3 is 5.32 Å². The Morgan fingerprint density at radius 2 is 2.11 bits per heavy atom. The number of rotatable bonds is 2. The van der Waals surface area contributed by atoms with E-state index < -0.39 is 0 Å². The van der Waals surface area contributed by atoms with Crippen molar-refractivity contribution in [2.24, 2.45) is 0 Å². The van der Waals surface area contributed by atoms with Gasteiger partial charge in [-0.25, -0.2) is 4.98 Å². The molecule has 0 spiro atoms. The number of nitrogens with zero attached hydrogens (tertiary/aromatic N) is 1. The van der Waals surface area contributed by atoms with Crippen molar-refractivity contribution in [2.75, 3.05) is 5.32 Å². The zero-order valence-corrected chi connectivity index (χ0v) is 12.5. The molecule has 2 aromatic rings. The van der Waals surface area contributed by atoms with Gasteiger partial charge in [0.1, 0.15) is 5.15 Å². The molecule has 1 aromatic carbocycles. The van der Waals surface area contributed by atoms with Crippen LogP contribution in [0.5, 0.6) is 0 Å². The number of aryl methyl sites for hydroxylation is 1. The molecule has 0 unspecified atom stereocenters. The van der Waals surface area contributed by atoms with Crippen molar-refractivity contribution in [3.8, 4) is 0 Å². The van der Waals surface area contributed by atoms with Crippen LogP contribution < -0.4 is 5.32 Å². The Morgan fingerprint density at radius 1 is 1.33 bits per heavy atom. The molecule has 1 amide bonds. The van der Waals surface area contributed by atoms with Crippen molar-refractivity contribution in [2.45, 2.75) is 6.92 Å². The van der Waals surface area contributed by atoms with E-state index in [0.29, 0.717) is 10.7 Å². The Labute approximate surface area is 124 Å². The maximum Gasteiger partial charge on any atom is 0.255 e. The molecule has 0 aliphatic heterocycles. The lowest BCUT2D eigenvalue weighted by Crippen LogP contribution is -2.13. The Kier molecular flexibility index (Phi) is 4.19. The molecule has 3 nitrogen and oxygen atoms in total. The van der Waals surface area contributed by atoms with E-state index in [1.807, 2.05) is 25.1 Å². The summed E-state index contributed by atoms with van der Waals surface area (Å²) in [5, 5.41) is 3.17. The standard InChI is InChI=1S/C13H10ClIN2O/c1-8-2-3-10(15)7-11(8)17-13(18)9-4-5-16-12(14)6-9/h2-7H,1H3,(H,17,18). The van der Waals surface area contributed by atoms with Gasteiger partial charge in [0.15, 0.2) is 0 Å². The SMILES string of the molecule is Cc1ccc(I)cc1NC(=O)c1ccnc(Cl)c1. The summed E-state index contributed by atoms with van der Waals surface area (Å²) in [6.45, 7) is 1.95. The van der Waals surface area contributed by atoms with Crippen molar-refractivity contribution >= 4 is 45.8 Å². The number of hydrogen-bond donors (Lipinski definition) is 1. The highest BCUT2D eigenvalue weighted by atomic mass is 127. The fourth-order valence-corrected chi connectivity index (χ4v) is 2.13. The topological polar surface area (TPSA) is 42.0 Å². The molecule has 0 saturated heterocycles. The van der Waals surface area contributed by atoms with Gasteiger partial charge in [0.25, 0.3) is 5.91 Å². The Morgan fingerprint density at radius 3 is 2.83 bits per heavy atom. The van der Waals surface area contributed by atoms with Gasteiger partial charge in [-0.2, -0.15) is 0 Å². The number of nitrogens with one attached hydrogen (secondary N) is 1. The number of carbonyl (C=O) groups is 1. The normalized spacial score (nSPS) is 10.2. The molecule has 5 heteroatoms. The van der Waals surface area contributed by atoms with Crippen LogP contribution in [0.25, 0.3) is 0 Å². The second-order valence-corrected chi connectivity index (χ2v) is 5.41. The molecule has 1 aromatic heterocycles. The van der Waals surface area contributed by atoms with Gasteiger partial charge in [-0.1, -0.05) is 17.7 Å². The molecule has 0 bridgehead atoms. The number of aromatic nitrogens is 1. The van der Waals surface area contributed by atoms with Gasteiger partial charge in [-0.3, -0.25) is 4.79 Å². The summed E-state index contributed by atoms with van der Waals surface area (Å²) < 4.78 is 1.07. The number of amides is 1. The van der Waals surface area contributed by atoms with Crippen LogP contribution in [0.1, 0.15) is 15.9 Å². The summed E-state index contributed by atoms with van der Waals surface area (Å²) in [7, 11) is 0. The van der Waals surface area contributed by atoms with E-state index in [1.165, 1.54) is 6.20 Å². The number of pyridine rings is 1. The third-order valence-corrected chi connectivity index (χ3v) is 3.31. The highest BCUT2D eigenvalue weighted by molar-refractivity contribution is 14.1. The molecule has 0 radical (unpaired) electrons. The van der Waals surface area contributed by atoms with Crippen molar-refractivity contribution in [3.05, 3.63) is 56.4 Å². The van der Waals surface area contributed by atoms with Gasteiger partial charge in [-0.05, 0) is 59.3 Å². The van der Waals surface area contributed by atoms with Crippen LogP contribution in [0, 0.1) is 10.5 Å². The van der Waals surface area contributed by atoms with E-state index in [1.54, 1.807) is 12.1 Å². The monoisotopic (exact) mass is 372 g/mol. The largest absolute Gasteiger partial charge is 0.322 e. The lowest BCUT2D eigenvalue weighted by molar-refractivity contribution is 0.102. The molecule has 0 aliphatic rings.